The molecule has 1 N–H and O–H groups in total. The Morgan fingerprint density at radius 1 is 1.29 bits per heavy atom. The van der Waals surface area contributed by atoms with Crippen molar-refractivity contribution in [3.63, 3.8) is 0 Å². The van der Waals surface area contributed by atoms with Gasteiger partial charge in [0.2, 0.25) is 5.91 Å². The van der Waals surface area contributed by atoms with Gasteiger partial charge < -0.3 is 24.3 Å². The molecule has 0 saturated carbocycles. The highest BCUT2D eigenvalue weighted by atomic mass is 19.1. The van der Waals surface area contributed by atoms with Crippen molar-refractivity contribution in [3.8, 4) is 0 Å². The van der Waals surface area contributed by atoms with Crippen LogP contribution < -0.4 is 10.9 Å². The standard InChI is InChI=1S/C23H25FN6O5/c1-34-9-6-28-12-16-21(23(28)33)29(13-19(31)26-18-3-2-15(24)11-25-18)20-10-17(27-30(20)22(16)32)14-4-7-35-8-5-14/h2-3,10-11,14H,4-9,12-13H2,1H3,(H,25,26,31). The lowest BCUT2D eigenvalue weighted by Crippen LogP contribution is -2.30. The number of anilines is 1. The van der Waals surface area contributed by atoms with Gasteiger partial charge in [-0.05, 0) is 25.0 Å². The predicted molar refractivity (Wildman–Crippen MR) is 122 cm³/mol. The highest BCUT2D eigenvalue weighted by molar-refractivity contribution is 5.98. The minimum atomic E-state index is -0.524. The number of aromatic nitrogens is 4. The molecule has 3 aromatic heterocycles. The van der Waals surface area contributed by atoms with Crippen LogP contribution in [0.3, 0.4) is 0 Å². The molecule has 0 aromatic carbocycles. The molecule has 5 heterocycles. The van der Waals surface area contributed by atoms with Gasteiger partial charge in [-0.1, -0.05) is 0 Å². The normalized spacial score (nSPS) is 16.2. The molecular formula is C23H25FN6O5. The molecule has 0 unspecified atom stereocenters. The van der Waals surface area contributed by atoms with Crippen LogP contribution in [-0.2, 0) is 27.4 Å². The first kappa shape index (κ1) is 23.1. The predicted octanol–water partition coefficient (Wildman–Crippen LogP) is 1.16. The summed E-state index contributed by atoms with van der Waals surface area (Å²) in [5.41, 5.74) is 1.16. The molecule has 0 aliphatic carbocycles. The van der Waals surface area contributed by atoms with Crippen molar-refractivity contribution in [3.05, 3.63) is 57.5 Å². The molecule has 1 saturated heterocycles. The zero-order valence-electron chi connectivity index (χ0n) is 19.2. The molecule has 2 amide bonds. The van der Waals surface area contributed by atoms with E-state index in [1.165, 1.54) is 33.2 Å². The van der Waals surface area contributed by atoms with E-state index in [4.69, 9.17) is 9.47 Å². The first-order chi connectivity index (χ1) is 17.0. The fraction of sp³-hybridized carbons (Fsp3) is 0.435. The van der Waals surface area contributed by atoms with Gasteiger partial charge in [-0.25, -0.2) is 9.37 Å². The Hall–Kier alpha value is -3.64. The van der Waals surface area contributed by atoms with Gasteiger partial charge in [0.05, 0.1) is 30.6 Å². The third-order valence-corrected chi connectivity index (χ3v) is 6.33. The number of hydrogen-bond acceptors (Lipinski definition) is 7. The second-order valence-electron chi connectivity index (χ2n) is 8.57. The maximum atomic E-state index is 13.3. The quantitative estimate of drug-likeness (QED) is 0.534. The van der Waals surface area contributed by atoms with Gasteiger partial charge >= 0.3 is 0 Å². The monoisotopic (exact) mass is 484 g/mol. The van der Waals surface area contributed by atoms with E-state index >= 15 is 0 Å². The Bertz CT molecular complexity index is 1330. The van der Waals surface area contributed by atoms with Crippen molar-refractivity contribution in [2.24, 2.45) is 0 Å². The Morgan fingerprint density at radius 3 is 2.80 bits per heavy atom. The van der Waals surface area contributed by atoms with E-state index in [1.807, 2.05) is 0 Å². The van der Waals surface area contributed by atoms with Crippen LogP contribution in [0.4, 0.5) is 10.2 Å². The fourth-order valence-corrected chi connectivity index (χ4v) is 4.55. The molecule has 11 nitrogen and oxygen atoms in total. The number of methoxy groups -OCH3 is 1. The Morgan fingerprint density at radius 2 is 2.09 bits per heavy atom. The number of nitrogens with one attached hydrogen (secondary N) is 1. The Kier molecular flexibility index (Phi) is 6.31. The van der Waals surface area contributed by atoms with Gasteiger partial charge in [0.25, 0.3) is 11.5 Å². The molecule has 0 atom stereocenters. The number of halogens is 1. The van der Waals surface area contributed by atoms with Crippen LogP contribution in [0, 0.1) is 5.82 Å². The third kappa shape index (κ3) is 4.42. The van der Waals surface area contributed by atoms with Crippen molar-refractivity contribution in [1.29, 1.82) is 0 Å². The second-order valence-corrected chi connectivity index (χ2v) is 8.57. The van der Waals surface area contributed by atoms with Crippen LogP contribution in [0.1, 0.15) is 40.5 Å². The summed E-state index contributed by atoms with van der Waals surface area (Å²) in [6.45, 7) is 1.70. The molecule has 2 aliphatic heterocycles. The largest absolute Gasteiger partial charge is 0.383 e. The molecule has 184 valence electrons. The van der Waals surface area contributed by atoms with Gasteiger partial charge in [-0.2, -0.15) is 9.61 Å². The van der Waals surface area contributed by atoms with Gasteiger partial charge in [0.1, 0.15) is 29.5 Å². The summed E-state index contributed by atoms with van der Waals surface area (Å²) in [4.78, 5) is 44.9. The topological polar surface area (TPSA) is 120 Å². The number of pyridine rings is 1. The number of carbonyl (C=O) groups excluding carboxylic acids is 2. The van der Waals surface area contributed by atoms with Crippen LogP contribution in [0.25, 0.3) is 5.65 Å². The maximum Gasteiger partial charge on any atom is 0.280 e. The van der Waals surface area contributed by atoms with Crippen molar-refractivity contribution in [2.75, 3.05) is 38.8 Å². The van der Waals surface area contributed by atoms with E-state index in [0.717, 1.165) is 24.7 Å². The average Bonchev–Trinajstić information content (AvgIpc) is 3.45. The summed E-state index contributed by atoms with van der Waals surface area (Å²) in [5.74, 6) is -1.05. The molecule has 5 rings (SSSR count). The van der Waals surface area contributed by atoms with Gasteiger partial charge in [0.15, 0.2) is 0 Å². The minimum absolute atomic E-state index is 0.111. The lowest BCUT2D eigenvalue weighted by molar-refractivity contribution is -0.116. The number of fused-ring (bicyclic) bond motifs is 2. The zero-order chi connectivity index (χ0) is 24.5. The van der Waals surface area contributed by atoms with Crippen LogP contribution in [0.2, 0.25) is 0 Å². The molecule has 2 aliphatic rings. The van der Waals surface area contributed by atoms with Crippen molar-refractivity contribution < 1.29 is 23.5 Å². The molecule has 12 heteroatoms. The van der Waals surface area contributed by atoms with Crippen LogP contribution in [0.5, 0.6) is 0 Å². The van der Waals surface area contributed by atoms with Crippen LogP contribution >= 0.6 is 0 Å². The summed E-state index contributed by atoms with van der Waals surface area (Å²) >= 11 is 0. The molecule has 0 spiro atoms. The lowest BCUT2D eigenvalue weighted by Gasteiger charge is -2.19. The first-order valence-electron chi connectivity index (χ1n) is 11.4. The highest BCUT2D eigenvalue weighted by Crippen LogP contribution is 2.28. The summed E-state index contributed by atoms with van der Waals surface area (Å²) in [7, 11) is 1.53. The number of rotatable bonds is 7. The number of carbonyl (C=O) groups is 2. The molecule has 0 radical (unpaired) electrons. The van der Waals surface area contributed by atoms with Crippen molar-refractivity contribution >= 4 is 23.3 Å². The number of amides is 2. The van der Waals surface area contributed by atoms with Crippen LogP contribution in [-0.4, -0.2) is 69.4 Å². The smallest absolute Gasteiger partial charge is 0.280 e. The van der Waals surface area contributed by atoms with Crippen LogP contribution in [0.15, 0.2) is 29.2 Å². The molecule has 35 heavy (non-hydrogen) atoms. The average molecular weight is 484 g/mol. The SMILES string of the molecule is COCCN1Cc2c(n(CC(=O)Nc3ccc(F)cn3)c3cc(C4CCOCC4)nn3c2=O)C1=O. The summed E-state index contributed by atoms with van der Waals surface area (Å²) in [6.07, 6.45) is 2.55. The Balaban J connectivity index is 1.56. The number of hydrogen-bond donors (Lipinski definition) is 1. The maximum absolute atomic E-state index is 13.3. The third-order valence-electron chi connectivity index (χ3n) is 6.33. The number of ether oxygens (including phenoxy) is 2. The van der Waals surface area contributed by atoms with E-state index < -0.39 is 11.7 Å². The number of nitrogens with zero attached hydrogens (tertiary/aromatic N) is 5. The van der Waals surface area contributed by atoms with Crippen molar-refractivity contribution in [1.82, 2.24) is 24.1 Å². The zero-order valence-corrected chi connectivity index (χ0v) is 19.2. The first-order valence-corrected chi connectivity index (χ1v) is 11.4. The van der Waals surface area contributed by atoms with Gasteiger partial charge in [0, 0.05) is 38.9 Å². The van der Waals surface area contributed by atoms with E-state index in [2.05, 4.69) is 15.4 Å². The Labute approximate surface area is 199 Å². The molecule has 1 fully saturated rings. The summed E-state index contributed by atoms with van der Waals surface area (Å²) < 4.78 is 26.5. The van der Waals surface area contributed by atoms with Gasteiger partial charge in [-0.3, -0.25) is 14.4 Å². The molecule has 3 aromatic rings. The summed E-state index contributed by atoms with van der Waals surface area (Å²) in [5, 5.41) is 7.19. The second kappa shape index (κ2) is 9.55. The van der Waals surface area contributed by atoms with E-state index in [-0.39, 0.29) is 47.5 Å². The van der Waals surface area contributed by atoms with E-state index in [1.54, 1.807) is 6.07 Å². The fourth-order valence-electron chi connectivity index (χ4n) is 4.55. The van der Waals surface area contributed by atoms with Crippen molar-refractivity contribution in [2.45, 2.75) is 31.8 Å². The van der Waals surface area contributed by atoms with E-state index in [0.29, 0.717) is 32.0 Å². The highest BCUT2D eigenvalue weighted by Gasteiger charge is 2.35. The van der Waals surface area contributed by atoms with E-state index in [9.17, 15) is 18.8 Å². The summed E-state index contributed by atoms with van der Waals surface area (Å²) in [6, 6.07) is 4.30. The minimum Gasteiger partial charge on any atom is -0.383 e. The molecular weight excluding hydrogens is 459 g/mol. The lowest BCUT2D eigenvalue weighted by atomic mass is 9.97. The van der Waals surface area contributed by atoms with Gasteiger partial charge in [-0.15, -0.1) is 0 Å². The molecule has 0 bridgehead atoms.